The number of benzene rings is 2. The van der Waals surface area contributed by atoms with Crippen molar-refractivity contribution in [3.63, 3.8) is 0 Å². The van der Waals surface area contributed by atoms with Crippen LogP contribution < -0.4 is 5.32 Å². The molecule has 1 aliphatic rings. The highest BCUT2D eigenvalue weighted by Gasteiger charge is 2.34. The molecular weight excluding hydrogens is 324 g/mol. The van der Waals surface area contributed by atoms with Crippen LogP contribution in [0.15, 0.2) is 60.7 Å². The quantitative estimate of drug-likeness (QED) is 0.817. The van der Waals surface area contributed by atoms with E-state index in [4.69, 9.17) is 12.2 Å². The van der Waals surface area contributed by atoms with Gasteiger partial charge in [-0.3, -0.25) is 9.69 Å². The van der Waals surface area contributed by atoms with Crippen LogP contribution in [0.5, 0.6) is 0 Å². The summed E-state index contributed by atoms with van der Waals surface area (Å²) in [5.41, 5.74) is 2.36. The van der Waals surface area contributed by atoms with Gasteiger partial charge in [0.1, 0.15) is 6.04 Å². The molecule has 3 rings (SSSR count). The number of amides is 1. The van der Waals surface area contributed by atoms with Gasteiger partial charge in [-0.2, -0.15) is 11.8 Å². The number of thioether (sulfide) groups is 1. The summed E-state index contributed by atoms with van der Waals surface area (Å²) in [4.78, 5) is 14.2. The summed E-state index contributed by atoms with van der Waals surface area (Å²) in [5, 5.41) is 3.68. The molecule has 0 radical (unpaired) electrons. The van der Waals surface area contributed by atoms with Crippen molar-refractivity contribution in [2.24, 2.45) is 0 Å². The van der Waals surface area contributed by atoms with E-state index in [1.54, 1.807) is 16.7 Å². The summed E-state index contributed by atoms with van der Waals surface area (Å²) in [6.45, 7) is 0.533. The number of hydrogen-bond donors (Lipinski definition) is 1. The summed E-state index contributed by atoms with van der Waals surface area (Å²) in [5.74, 6) is 1.69. The summed E-state index contributed by atoms with van der Waals surface area (Å²) in [7, 11) is 0. The molecule has 1 N–H and O–H groups in total. The van der Waals surface area contributed by atoms with E-state index in [0.717, 1.165) is 17.1 Å². The van der Waals surface area contributed by atoms with E-state index in [2.05, 4.69) is 17.4 Å². The Labute approximate surface area is 146 Å². The number of nitrogens with one attached hydrogen (secondary N) is 1. The number of rotatable bonds is 6. The molecule has 1 fully saturated rings. The second kappa shape index (κ2) is 7.62. The summed E-state index contributed by atoms with van der Waals surface area (Å²) >= 11 is 7.07. The minimum atomic E-state index is -0.222. The molecule has 3 nitrogen and oxygen atoms in total. The van der Waals surface area contributed by atoms with Crippen LogP contribution in [0.25, 0.3) is 0 Å². The molecule has 2 aromatic rings. The third-order valence-corrected chi connectivity index (χ3v) is 5.13. The number of hydrogen-bond acceptors (Lipinski definition) is 3. The predicted molar refractivity (Wildman–Crippen MR) is 99.1 cm³/mol. The van der Waals surface area contributed by atoms with Gasteiger partial charge in [-0.15, -0.1) is 0 Å². The lowest BCUT2D eigenvalue weighted by Gasteiger charge is -2.14. The van der Waals surface area contributed by atoms with Gasteiger partial charge in [-0.25, -0.2) is 0 Å². The van der Waals surface area contributed by atoms with E-state index in [0.29, 0.717) is 11.7 Å². The van der Waals surface area contributed by atoms with E-state index < -0.39 is 0 Å². The van der Waals surface area contributed by atoms with Crippen LogP contribution >= 0.6 is 24.0 Å². The van der Waals surface area contributed by atoms with E-state index >= 15 is 0 Å². The van der Waals surface area contributed by atoms with E-state index in [1.807, 2.05) is 48.5 Å². The molecule has 1 atom stereocenters. The van der Waals surface area contributed by atoms with Crippen LogP contribution in [0.4, 0.5) is 0 Å². The Morgan fingerprint density at radius 1 is 1.00 bits per heavy atom. The van der Waals surface area contributed by atoms with Crippen molar-refractivity contribution in [3.05, 3.63) is 71.8 Å². The Bertz CT molecular complexity index is 676. The van der Waals surface area contributed by atoms with Gasteiger partial charge in [0.25, 0.3) is 5.91 Å². The van der Waals surface area contributed by atoms with Crippen LogP contribution in [-0.2, 0) is 17.1 Å². The molecule has 118 valence electrons. The average Bonchev–Trinajstić information content (AvgIpc) is 2.85. The van der Waals surface area contributed by atoms with Crippen LogP contribution in [0.3, 0.4) is 0 Å². The van der Waals surface area contributed by atoms with Gasteiger partial charge in [-0.05, 0) is 23.3 Å². The van der Waals surface area contributed by atoms with E-state index in [-0.39, 0.29) is 11.9 Å². The number of thiocarbonyl (C=S) groups is 1. The van der Waals surface area contributed by atoms with Crippen molar-refractivity contribution in [2.45, 2.75) is 18.3 Å². The SMILES string of the molecule is O=C1[C@@H](CSCc2ccccc2)NC(=S)N1Cc1ccccc1. The molecule has 1 heterocycles. The maximum atomic E-state index is 12.5. The van der Waals surface area contributed by atoms with E-state index in [1.165, 1.54) is 5.56 Å². The highest BCUT2D eigenvalue weighted by Crippen LogP contribution is 2.18. The fourth-order valence-electron chi connectivity index (χ4n) is 2.47. The molecule has 1 aliphatic heterocycles. The first kappa shape index (κ1) is 16.0. The van der Waals surface area contributed by atoms with Crippen molar-refractivity contribution in [1.82, 2.24) is 10.2 Å². The zero-order valence-corrected chi connectivity index (χ0v) is 14.3. The van der Waals surface area contributed by atoms with Crippen molar-refractivity contribution < 1.29 is 4.79 Å². The van der Waals surface area contributed by atoms with Crippen molar-refractivity contribution in [3.8, 4) is 0 Å². The first-order chi connectivity index (χ1) is 11.2. The minimum Gasteiger partial charge on any atom is -0.350 e. The van der Waals surface area contributed by atoms with Crippen LogP contribution in [0.2, 0.25) is 0 Å². The Kier molecular flexibility index (Phi) is 5.31. The van der Waals surface area contributed by atoms with Gasteiger partial charge in [0.2, 0.25) is 0 Å². The molecule has 5 heteroatoms. The monoisotopic (exact) mass is 342 g/mol. The second-order valence-corrected chi connectivity index (χ2v) is 6.83. The second-order valence-electron chi connectivity index (χ2n) is 5.41. The molecule has 0 aromatic heterocycles. The number of nitrogens with zero attached hydrogens (tertiary/aromatic N) is 1. The van der Waals surface area contributed by atoms with Gasteiger partial charge >= 0.3 is 0 Å². The molecule has 0 aliphatic carbocycles. The Hall–Kier alpha value is -1.85. The zero-order valence-electron chi connectivity index (χ0n) is 12.6. The smallest absolute Gasteiger partial charge is 0.252 e. The molecular formula is C18H18N2OS2. The molecule has 0 unspecified atom stereocenters. The van der Waals surface area contributed by atoms with Crippen molar-refractivity contribution in [1.29, 1.82) is 0 Å². The van der Waals surface area contributed by atoms with E-state index in [9.17, 15) is 4.79 Å². The Morgan fingerprint density at radius 3 is 2.26 bits per heavy atom. The Morgan fingerprint density at radius 2 is 1.61 bits per heavy atom. The lowest BCUT2D eigenvalue weighted by atomic mass is 10.2. The zero-order chi connectivity index (χ0) is 16.1. The van der Waals surface area contributed by atoms with Gasteiger partial charge in [0.05, 0.1) is 6.54 Å². The van der Waals surface area contributed by atoms with Gasteiger partial charge in [0, 0.05) is 11.5 Å². The fraction of sp³-hybridized carbons (Fsp3) is 0.222. The molecule has 0 bridgehead atoms. The summed E-state index contributed by atoms with van der Waals surface area (Å²) < 4.78 is 0. The lowest BCUT2D eigenvalue weighted by Crippen LogP contribution is -2.32. The van der Waals surface area contributed by atoms with Gasteiger partial charge in [0.15, 0.2) is 5.11 Å². The highest BCUT2D eigenvalue weighted by molar-refractivity contribution is 7.98. The molecule has 0 spiro atoms. The molecule has 2 aromatic carbocycles. The standard InChI is InChI=1S/C18H18N2OS2/c21-17-16(13-23-12-15-9-5-2-6-10-15)19-18(22)20(17)11-14-7-3-1-4-8-14/h1-10,16H,11-13H2,(H,19,22)/t16-/m1/s1. The van der Waals surface area contributed by atoms with Gasteiger partial charge in [-0.1, -0.05) is 60.7 Å². The maximum Gasteiger partial charge on any atom is 0.252 e. The third kappa shape index (κ3) is 4.12. The fourth-order valence-corrected chi connectivity index (χ4v) is 3.78. The molecule has 0 saturated carbocycles. The van der Waals surface area contributed by atoms with Gasteiger partial charge < -0.3 is 5.32 Å². The Balaban J connectivity index is 1.54. The highest BCUT2D eigenvalue weighted by atomic mass is 32.2. The van der Waals surface area contributed by atoms with Crippen molar-refractivity contribution in [2.75, 3.05) is 5.75 Å². The maximum absolute atomic E-state index is 12.5. The molecule has 23 heavy (non-hydrogen) atoms. The van der Waals surface area contributed by atoms with Crippen molar-refractivity contribution >= 4 is 35.0 Å². The number of carbonyl (C=O) groups excluding carboxylic acids is 1. The summed E-state index contributed by atoms with van der Waals surface area (Å²) in [6.07, 6.45) is 0. The van der Waals surface area contributed by atoms with Crippen LogP contribution in [0.1, 0.15) is 11.1 Å². The average molecular weight is 342 g/mol. The number of carbonyl (C=O) groups is 1. The third-order valence-electron chi connectivity index (χ3n) is 3.69. The molecule has 1 saturated heterocycles. The first-order valence-corrected chi connectivity index (χ1v) is 9.08. The molecule has 1 amide bonds. The minimum absolute atomic E-state index is 0.0689. The lowest BCUT2D eigenvalue weighted by molar-refractivity contribution is -0.127. The normalized spacial score (nSPS) is 17.4. The van der Waals surface area contributed by atoms with Crippen LogP contribution in [0, 0.1) is 0 Å². The predicted octanol–water partition coefficient (Wildman–Crippen LogP) is 3.21. The summed E-state index contributed by atoms with van der Waals surface area (Å²) in [6, 6.07) is 20.0. The first-order valence-electron chi connectivity index (χ1n) is 7.51. The topological polar surface area (TPSA) is 32.3 Å². The van der Waals surface area contributed by atoms with Crippen LogP contribution in [-0.4, -0.2) is 27.7 Å². The largest absolute Gasteiger partial charge is 0.350 e.